The summed E-state index contributed by atoms with van der Waals surface area (Å²) in [5.74, 6) is 1.37. The summed E-state index contributed by atoms with van der Waals surface area (Å²) >= 11 is 0. The number of nitrogens with one attached hydrogen (secondary N) is 1. The fraction of sp³-hybridized carbons (Fsp3) is 0.467. The molecule has 20 heavy (non-hydrogen) atoms. The van der Waals surface area contributed by atoms with Crippen molar-refractivity contribution in [2.75, 3.05) is 20.1 Å². The predicted octanol–water partition coefficient (Wildman–Crippen LogP) is 1.92. The van der Waals surface area contributed by atoms with E-state index in [1.165, 1.54) is 12.8 Å². The minimum absolute atomic E-state index is 0.582. The lowest BCUT2D eigenvalue weighted by Crippen LogP contribution is -2.36. The van der Waals surface area contributed by atoms with E-state index in [-0.39, 0.29) is 0 Å². The zero-order valence-corrected chi connectivity index (χ0v) is 11.7. The van der Waals surface area contributed by atoms with Gasteiger partial charge in [0.25, 0.3) is 5.89 Å². The first-order valence-electron chi connectivity index (χ1n) is 7.13. The maximum absolute atomic E-state index is 5.35. The lowest BCUT2D eigenvalue weighted by molar-refractivity contribution is 0.233. The molecule has 0 aliphatic carbocycles. The normalized spacial score (nSPS) is 19.6. The Morgan fingerprint density at radius 3 is 3.00 bits per heavy atom. The first-order chi connectivity index (χ1) is 9.86. The Morgan fingerprint density at radius 2 is 2.20 bits per heavy atom. The van der Waals surface area contributed by atoms with Gasteiger partial charge in [-0.1, -0.05) is 23.4 Å². The zero-order valence-electron chi connectivity index (χ0n) is 11.7. The van der Waals surface area contributed by atoms with Crippen LogP contribution in [0.2, 0.25) is 0 Å². The Kier molecular flexibility index (Phi) is 4.08. The van der Waals surface area contributed by atoms with Gasteiger partial charge in [-0.15, -0.1) is 0 Å². The van der Waals surface area contributed by atoms with E-state index in [1.54, 1.807) is 0 Å². The topological polar surface area (TPSA) is 54.2 Å². The molecule has 1 N–H and O–H groups in total. The number of aromatic nitrogens is 2. The van der Waals surface area contributed by atoms with Crippen molar-refractivity contribution in [3.63, 3.8) is 0 Å². The fourth-order valence-electron chi connectivity index (χ4n) is 2.77. The van der Waals surface area contributed by atoms with E-state index in [1.807, 2.05) is 37.4 Å². The molecule has 1 atom stereocenters. The van der Waals surface area contributed by atoms with Crippen LogP contribution in [-0.4, -0.2) is 41.2 Å². The smallest absolute Gasteiger partial charge is 0.257 e. The fourth-order valence-corrected chi connectivity index (χ4v) is 2.77. The van der Waals surface area contributed by atoms with Gasteiger partial charge in [0, 0.05) is 18.2 Å². The average Bonchev–Trinajstić information content (AvgIpc) is 3.11. The third-order valence-corrected chi connectivity index (χ3v) is 3.77. The summed E-state index contributed by atoms with van der Waals surface area (Å²) in [6.07, 6.45) is 2.49. The van der Waals surface area contributed by atoms with Crippen LogP contribution in [0.1, 0.15) is 18.7 Å². The number of nitrogens with zero attached hydrogens (tertiary/aromatic N) is 3. The van der Waals surface area contributed by atoms with E-state index in [4.69, 9.17) is 4.52 Å². The van der Waals surface area contributed by atoms with Gasteiger partial charge in [-0.2, -0.15) is 4.98 Å². The summed E-state index contributed by atoms with van der Waals surface area (Å²) in [6.45, 7) is 2.90. The molecule has 1 aromatic heterocycles. The van der Waals surface area contributed by atoms with Crippen LogP contribution in [0.5, 0.6) is 0 Å². The van der Waals surface area contributed by atoms with Crippen LogP contribution in [-0.2, 0) is 6.54 Å². The second kappa shape index (κ2) is 6.15. The molecule has 3 rings (SSSR count). The van der Waals surface area contributed by atoms with Gasteiger partial charge in [0.2, 0.25) is 0 Å². The maximum Gasteiger partial charge on any atom is 0.257 e. The van der Waals surface area contributed by atoms with Crippen molar-refractivity contribution < 1.29 is 4.52 Å². The number of hydrogen-bond donors (Lipinski definition) is 1. The maximum atomic E-state index is 5.35. The van der Waals surface area contributed by atoms with Crippen molar-refractivity contribution in [3.05, 3.63) is 36.2 Å². The second-order valence-corrected chi connectivity index (χ2v) is 5.21. The van der Waals surface area contributed by atoms with Crippen molar-refractivity contribution >= 4 is 0 Å². The summed E-state index contributed by atoms with van der Waals surface area (Å²) in [4.78, 5) is 6.93. The zero-order chi connectivity index (χ0) is 13.8. The van der Waals surface area contributed by atoms with Gasteiger partial charge < -0.3 is 9.84 Å². The molecule has 0 saturated carbocycles. The Morgan fingerprint density at radius 1 is 1.35 bits per heavy atom. The summed E-state index contributed by atoms with van der Waals surface area (Å²) in [5, 5.41) is 7.35. The summed E-state index contributed by atoms with van der Waals surface area (Å²) < 4.78 is 5.35. The summed E-state index contributed by atoms with van der Waals surface area (Å²) in [7, 11) is 2.00. The molecule has 0 radical (unpaired) electrons. The molecule has 2 heterocycles. The monoisotopic (exact) mass is 272 g/mol. The van der Waals surface area contributed by atoms with Gasteiger partial charge in [-0.05, 0) is 38.6 Å². The molecule has 1 fully saturated rings. The molecule has 106 valence electrons. The molecular weight excluding hydrogens is 252 g/mol. The van der Waals surface area contributed by atoms with Gasteiger partial charge >= 0.3 is 0 Å². The van der Waals surface area contributed by atoms with Crippen LogP contribution in [0, 0.1) is 0 Å². The predicted molar refractivity (Wildman–Crippen MR) is 77.1 cm³/mol. The Hall–Kier alpha value is -1.72. The van der Waals surface area contributed by atoms with E-state index in [0.29, 0.717) is 11.9 Å². The number of likely N-dealkylation sites (tertiary alicyclic amines) is 1. The van der Waals surface area contributed by atoms with Crippen LogP contribution in [0.4, 0.5) is 0 Å². The largest absolute Gasteiger partial charge is 0.334 e. The minimum Gasteiger partial charge on any atom is -0.334 e. The SMILES string of the molecule is CNCC1CCCN1Cc1noc(-c2ccccc2)n1. The first kappa shape index (κ1) is 13.3. The molecule has 0 bridgehead atoms. The van der Waals surface area contributed by atoms with Gasteiger partial charge in [-0.25, -0.2) is 0 Å². The van der Waals surface area contributed by atoms with Gasteiger partial charge in [0.1, 0.15) is 0 Å². The van der Waals surface area contributed by atoms with Crippen molar-refractivity contribution in [1.29, 1.82) is 0 Å². The highest BCUT2D eigenvalue weighted by molar-refractivity contribution is 5.51. The Balaban J connectivity index is 1.68. The molecule has 1 aromatic carbocycles. The average molecular weight is 272 g/mol. The molecule has 0 amide bonds. The van der Waals surface area contributed by atoms with E-state index >= 15 is 0 Å². The molecule has 1 saturated heterocycles. The molecule has 5 heteroatoms. The molecule has 1 aliphatic heterocycles. The lowest BCUT2D eigenvalue weighted by Gasteiger charge is -2.22. The van der Waals surface area contributed by atoms with Crippen molar-refractivity contribution in [2.45, 2.75) is 25.4 Å². The van der Waals surface area contributed by atoms with Crippen LogP contribution in [0.25, 0.3) is 11.5 Å². The third kappa shape index (κ3) is 2.89. The molecule has 0 spiro atoms. The number of rotatable bonds is 5. The van der Waals surface area contributed by atoms with Crippen molar-refractivity contribution in [3.8, 4) is 11.5 Å². The van der Waals surface area contributed by atoms with E-state index in [0.717, 1.165) is 31.0 Å². The highest BCUT2D eigenvalue weighted by Crippen LogP contribution is 2.20. The van der Waals surface area contributed by atoms with E-state index in [9.17, 15) is 0 Å². The summed E-state index contributed by atoms with van der Waals surface area (Å²) in [6, 6.07) is 10.5. The highest BCUT2D eigenvalue weighted by atomic mass is 16.5. The van der Waals surface area contributed by atoms with Gasteiger partial charge in [-0.3, -0.25) is 4.90 Å². The van der Waals surface area contributed by atoms with Gasteiger partial charge in [0.15, 0.2) is 5.82 Å². The van der Waals surface area contributed by atoms with Crippen LogP contribution >= 0.6 is 0 Å². The Labute approximate surface area is 119 Å². The second-order valence-electron chi connectivity index (χ2n) is 5.21. The molecule has 5 nitrogen and oxygen atoms in total. The number of likely N-dealkylation sites (N-methyl/N-ethyl adjacent to an activating group) is 1. The lowest BCUT2D eigenvalue weighted by atomic mass is 10.2. The minimum atomic E-state index is 0.582. The van der Waals surface area contributed by atoms with Gasteiger partial charge in [0.05, 0.1) is 6.54 Å². The van der Waals surface area contributed by atoms with Crippen LogP contribution < -0.4 is 5.32 Å². The molecule has 2 aromatic rings. The molecular formula is C15H20N4O. The quantitative estimate of drug-likeness (QED) is 0.901. The Bertz CT molecular complexity index is 540. The van der Waals surface area contributed by atoms with Crippen molar-refractivity contribution in [1.82, 2.24) is 20.4 Å². The van der Waals surface area contributed by atoms with Crippen LogP contribution in [0.3, 0.4) is 0 Å². The van der Waals surface area contributed by atoms with Crippen molar-refractivity contribution in [2.24, 2.45) is 0 Å². The standard InChI is InChI=1S/C15H20N4O/c1-16-10-13-8-5-9-19(13)11-14-17-15(20-18-14)12-6-3-2-4-7-12/h2-4,6-7,13,16H,5,8-11H2,1H3. The molecule has 1 unspecified atom stereocenters. The van der Waals surface area contributed by atoms with E-state index in [2.05, 4.69) is 20.4 Å². The third-order valence-electron chi connectivity index (χ3n) is 3.77. The van der Waals surface area contributed by atoms with Crippen LogP contribution in [0.15, 0.2) is 34.9 Å². The molecule has 1 aliphatic rings. The number of benzene rings is 1. The summed E-state index contributed by atoms with van der Waals surface area (Å²) in [5.41, 5.74) is 0.972. The highest BCUT2D eigenvalue weighted by Gasteiger charge is 2.25. The number of hydrogen-bond acceptors (Lipinski definition) is 5. The van der Waals surface area contributed by atoms with E-state index < -0.39 is 0 Å². The first-order valence-corrected chi connectivity index (χ1v) is 7.13.